The van der Waals surface area contributed by atoms with Gasteiger partial charge in [-0.3, -0.25) is 14.7 Å². The van der Waals surface area contributed by atoms with Crippen LogP contribution in [0.3, 0.4) is 0 Å². The normalized spacial score (nSPS) is 14.3. The van der Waals surface area contributed by atoms with Gasteiger partial charge in [-0.2, -0.15) is 5.10 Å². The molecule has 8 heteroatoms. The van der Waals surface area contributed by atoms with Gasteiger partial charge in [0, 0.05) is 24.7 Å². The lowest BCUT2D eigenvalue weighted by Crippen LogP contribution is -2.40. The summed E-state index contributed by atoms with van der Waals surface area (Å²) >= 11 is 0. The van der Waals surface area contributed by atoms with Gasteiger partial charge in [-0.25, -0.2) is 4.39 Å². The Kier molecular flexibility index (Phi) is 6.91. The van der Waals surface area contributed by atoms with E-state index in [1.54, 1.807) is 18.2 Å². The Balaban J connectivity index is 1.24. The number of benzene rings is 2. The third kappa shape index (κ3) is 5.39. The number of H-pyrrole nitrogens is 1. The van der Waals surface area contributed by atoms with Crippen molar-refractivity contribution in [3.8, 4) is 0 Å². The van der Waals surface area contributed by atoms with E-state index in [1.807, 2.05) is 35.2 Å². The van der Waals surface area contributed by atoms with E-state index in [2.05, 4.69) is 15.5 Å². The van der Waals surface area contributed by atoms with E-state index in [9.17, 15) is 14.0 Å². The molecule has 1 fully saturated rings. The molecule has 1 aromatic heterocycles. The highest BCUT2D eigenvalue weighted by Gasteiger charge is 2.26. The van der Waals surface area contributed by atoms with Crippen molar-refractivity contribution in [2.75, 3.05) is 25.0 Å². The number of ether oxygens (including phenoxy) is 1. The molecule has 2 amide bonds. The Labute approximate surface area is 185 Å². The SMILES string of the molecule is O=C(Nc1ccccc1F)c1cc(C2CCN(C(=O)COCc3ccccc3)CC2)[nH]n1. The van der Waals surface area contributed by atoms with Crippen molar-refractivity contribution in [2.24, 2.45) is 0 Å². The van der Waals surface area contributed by atoms with Gasteiger partial charge in [-0.1, -0.05) is 42.5 Å². The van der Waals surface area contributed by atoms with Gasteiger partial charge >= 0.3 is 0 Å². The quantitative estimate of drug-likeness (QED) is 0.591. The highest BCUT2D eigenvalue weighted by molar-refractivity contribution is 6.03. The van der Waals surface area contributed by atoms with Gasteiger partial charge in [0.15, 0.2) is 5.69 Å². The van der Waals surface area contributed by atoms with E-state index >= 15 is 0 Å². The molecule has 0 radical (unpaired) electrons. The third-order valence-corrected chi connectivity index (χ3v) is 5.58. The molecule has 0 saturated carbocycles. The molecule has 0 spiro atoms. The van der Waals surface area contributed by atoms with Crippen LogP contribution in [0, 0.1) is 5.82 Å². The molecule has 32 heavy (non-hydrogen) atoms. The van der Waals surface area contributed by atoms with Crippen molar-refractivity contribution in [1.82, 2.24) is 15.1 Å². The fourth-order valence-corrected chi connectivity index (χ4v) is 3.77. The van der Waals surface area contributed by atoms with Crippen molar-refractivity contribution in [2.45, 2.75) is 25.4 Å². The minimum atomic E-state index is -0.499. The molecule has 1 saturated heterocycles. The summed E-state index contributed by atoms with van der Waals surface area (Å²) in [4.78, 5) is 26.6. The number of halogens is 1. The fraction of sp³-hybridized carbons (Fsp3) is 0.292. The number of aromatic amines is 1. The van der Waals surface area contributed by atoms with Gasteiger partial charge in [-0.05, 0) is 36.6 Å². The molecule has 1 aliphatic rings. The number of nitrogens with one attached hydrogen (secondary N) is 2. The Morgan fingerprint density at radius 3 is 2.56 bits per heavy atom. The zero-order valence-electron chi connectivity index (χ0n) is 17.6. The highest BCUT2D eigenvalue weighted by atomic mass is 19.1. The van der Waals surface area contributed by atoms with Crippen LogP contribution in [0.5, 0.6) is 0 Å². The van der Waals surface area contributed by atoms with Crippen LogP contribution in [-0.2, 0) is 16.1 Å². The molecule has 0 aliphatic carbocycles. The average Bonchev–Trinajstić information content (AvgIpc) is 3.32. The molecule has 7 nitrogen and oxygen atoms in total. The minimum absolute atomic E-state index is 0.0195. The molecule has 0 atom stereocenters. The van der Waals surface area contributed by atoms with Crippen molar-refractivity contribution >= 4 is 17.5 Å². The Morgan fingerprint density at radius 1 is 1.09 bits per heavy atom. The second-order valence-electron chi connectivity index (χ2n) is 7.78. The van der Waals surface area contributed by atoms with Gasteiger partial charge in [0.25, 0.3) is 5.91 Å². The summed E-state index contributed by atoms with van der Waals surface area (Å²) in [5.41, 5.74) is 2.20. The topological polar surface area (TPSA) is 87.3 Å². The van der Waals surface area contributed by atoms with Crippen LogP contribution in [0.1, 0.15) is 40.5 Å². The highest BCUT2D eigenvalue weighted by Crippen LogP contribution is 2.27. The summed E-state index contributed by atoms with van der Waals surface area (Å²) < 4.78 is 19.3. The molecule has 1 aliphatic heterocycles. The summed E-state index contributed by atoms with van der Waals surface area (Å²) in [5, 5.41) is 9.53. The molecule has 4 rings (SSSR count). The van der Waals surface area contributed by atoms with E-state index in [4.69, 9.17) is 4.74 Å². The fourth-order valence-electron chi connectivity index (χ4n) is 3.77. The van der Waals surface area contributed by atoms with Crippen LogP contribution >= 0.6 is 0 Å². The number of aromatic nitrogens is 2. The van der Waals surface area contributed by atoms with E-state index in [0.717, 1.165) is 24.1 Å². The molecule has 2 heterocycles. The van der Waals surface area contributed by atoms with E-state index in [-0.39, 0.29) is 29.8 Å². The second kappa shape index (κ2) is 10.2. The summed E-state index contributed by atoms with van der Waals surface area (Å²) in [7, 11) is 0. The maximum Gasteiger partial charge on any atom is 0.276 e. The molecule has 0 bridgehead atoms. The Hall–Kier alpha value is -3.52. The lowest BCUT2D eigenvalue weighted by atomic mass is 9.93. The third-order valence-electron chi connectivity index (χ3n) is 5.58. The number of hydrogen-bond donors (Lipinski definition) is 2. The predicted octanol–water partition coefficient (Wildman–Crippen LogP) is 3.72. The average molecular weight is 436 g/mol. The number of hydrogen-bond acceptors (Lipinski definition) is 4. The van der Waals surface area contributed by atoms with Crippen LogP contribution in [0.15, 0.2) is 60.7 Å². The first-order valence-electron chi connectivity index (χ1n) is 10.6. The summed E-state index contributed by atoms with van der Waals surface area (Å²) in [6.45, 7) is 1.71. The van der Waals surface area contributed by atoms with Crippen molar-refractivity contribution in [1.29, 1.82) is 0 Å². The minimum Gasteiger partial charge on any atom is -0.367 e. The number of carbonyl (C=O) groups is 2. The van der Waals surface area contributed by atoms with Gasteiger partial charge in [0.2, 0.25) is 5.91 Å². The van der Waals surface area contributed by atoms with Gasteiger partial charge in [0.1, 0.15) is 12.4 Å². The summed E-state index contributed by atoms with van der Waals surface area (Å²) in [6, 6.07) is 17.4. The number of para-hydroxylation sites is 1. The molecular formula is C24H25FN4O3. The summed E-state index contributed by atoms with van der Waals surface area (Å²) in [6.07, 6.45) is 1.53. The van der Waals surface area contributed by atoms with Crippen LogP contribution in [-0.4, -0.2) is 46.6 Å². The first-order chi connectivity index (χ1) is 15.6. The molecule has 3 aromatic rings. The van der Waals surface area contributed by atoms with Crippen molar-refractivity contribution < 1.29 is 18.7 Å². The van der Waals surface area contributed by atoms with Gasteiger partial charge in [0.05, 0.1) is 12.3 Å². The lowest BCUT2D eigenvalue weighted by molar-refractivity contribution is -0.137. The first-order valence-corrected chi connectivity index (χ1v) is 10.6. The van der Waals surface area contributed by atoms with Crippen LogP contribution < -0.4 is 5.32 Å². The maximum atomic E-state index is 13.7. The maximum absolute atomic E-state index is 13.7. The molecule has 0 unspecified atom stereocenters. The number of piperidine rings is 1. The second-order valence-corrected chi connectivity index (χ2v) is 7.78. The zero-order chi connectivity index (χ0) is 22.3. The monoisotopic (exact) mass is 436 g/mol. The number of nitrogens with zero attached hydrogens (tertiary/aromatic N) is 2. The Bertz CT molecular complexity index is 1060. The number of likely N-dealkylation sites (tertiary alicyclic amines) is 1. The number of rotatable bonds is 7. The van der Waals surface area contributed by atoms with Gasteiger partial charge in [-0.15, -0.1) is 0 Å². The predicted molar refractivity (Wildman–Crippen MR) is 118 cm³/mol. The van der Waals surface area contributed by atoms with Crippen molar-refractivity contribution in [3.05, 3.63) is 83.4 Å². The van der Waals surface area contributed by atoms with E-state index < -0.39 is 11.7 Å². The Morgan fingerprint density at radius 2 is 1.81 bits per heavy atom. The first kappa shape index (κ1) is 21.7. The van der Waals surface area contributed by atoms with Gasteiger partial charge < -0.3 is 15.0 Å². The molecular weight excluding hydrogens is 411 g/mol. The number of anilines is 1. The summed E-state index contributed by atoms with van der Waals surface area (Å²) in [5.74, 6) is -0.817. The van der Waals surface area contributed by atoms with Crippen molar-refractivity contribution in [3.63, 3.8) is 0 Å². The lowest BCUT2D eigenvalue weighted by Gasteiger charge is -2.31. The number of carbonyl (C=O) groups excluding carboxylic acids is 2. The van der Waals surface area contributed by atoms with E-state index in [0.29, 0.717) is 19.7 Å². The smallest absolute Gasteiger partial charge is 0.276 e. The zero-order valence-corrected chi connectivity index (χ0v) is 17.6. The molecule has 2 N–H and O–H groups in total. The largest absolute Gasteiger partial charge is 0.367 e. The molecule has 2 aromatic carbocycles. The number of amides is 2. The molecule has 166 valence electrons. The standard InChI is InChI=1S/C24H25FN4O3/c25-19-8-4-5-9-20(19)26-24(31)22-14-21(27-28-22)18-10-12-29(13-11-18)23(30)16-32-15-17-6-2-1-3-7-17/h1-9,14,18H,10-13,15-16H2,(H,26,31)(H,27,28). The van der Waals surface area contributed by atoms with Crippen LogP contribution in [0.25, 0.3) is 0 Å². The van der Waals surface area contributed by atoms with E-state index in [1.165, 1.54) is 12.1 Å². The van der Waals surface area contributed by atoms with Crippen LogP contribution in [0.4, 0.5) is 10.1 Å². The van der Waals surface area contributed by atoms with Crippen LogP contribution in [0.2, 0.25) is 0 Å².